The summed E-state index contributed by atoms with van der Waals surface area (Å²) in [6.45, 7) is 3.46. The van der Waals surface area contributed by atoms with Gasteiger partial charge in [0.2, 0.25) is 0 Å². The summed E-state index contributed by atoms with van der Waals surface area (Å²) in [5, 5.41) is 0.358. The smallest absolute Gasteiger partial charge is 0.258 e. The number of aryl methyl sites for hydroxylation is 1. The summed E-state index contributed by atoms with van der Waals surface area (Å²) in [4.78, 5) is 36.2. The van der Waals surface area contributed by atoms with Crippen molar-refractivity contribution >= 4 is 16.7 Å². The van der Waals surface area contributed by atoms with Gasteiger partial charge in [-0.1, -0.05) is 6.07 Å². The van der Waals surface area contributed by atoms with Crippen LogP contribution in [0.3, 0.4) is 0 Å². The molecule has 0 amide bonds. The van der Waals surface area contributed by atoms with Crippen LogP contribution < -0.4 is 10.3 Å². The third kappa shape index (κ3) is 3.67. The van der Waals surface area contributed by atoms with Crippen LogP contribution in [0.1, 0.15) is 34.2 Å². The SMILES string of the molecule is COc1cc2nc(Cc3ccc(-n4ccc(C)c4)nc3)[nH]c(=O)c2cc1C(C)=O. The number of nitrogens with one attached hydrogen (secondary N) is 1. The third-order valence-electron chi connectivity index (χ3n) is 4.74. The van der Waals surface area contributed by atoms with E-state index in [2.05, 4.69) is 15.0 Å². The molecule has 0 saturated heterocycles. The van der Waals surface area contributed by atoms with Crippen LogP contribution in [0, 0.1) is 6.92 Å². The van der Waals surface area contributed by atoms with Crippen LogP contribution in [-0.4, -0.2) is 32.4 Å². The van der Waals surface area contributed by atoms with Crippen molar-refractivity contribution in [2.24, 2.45) is 0 Å². The summed E-state index contributed by atoms with van der Waals surface area (Å²) < 4.78 is 7.24. The van der Waals surface area contributed by atoms with Crippen LogP contribution in [0.25, 0.3) is 16.7 Å². The molecule has 0 radical (unpaired) electrons. The minimum Gasteiger partial charge on any atom is -0.496 e. The van der Waals surface area contributed by atoms with Crippen LogP contribution >= 0.6 is 0 Å². The van der Waals surface area contributed by atoms with E-state index in [0.29, 0.717) is 34.5 Å². The topological polar surface area (TPSA) is 89.9 Å². The van der Waals surface area contributed by atoms with Gasteiger partial charge < -0.3 is 14.3 Å². The molecule has 4 rings (SSSR count). The Morgan fingerprint density at radius 1 is 1.24 bits per heavy atom. The van der Waals surface area contributed by atoms with E-state index in [-0.39, 0.29) is 11.3 Å². The summed E-state index contributed by atoms with van der Waals surface area (Å²) >= 11 is 0. The number of aromatic amines is 1. The first kappa shape index (κ1) is 18.6. The number of Topliss-reactive ketones (excluding diaryl/α,β-unsaturated/α-hetero) is 1. The Morgan fingerprint density at radius 3 is 2.69 bits per heavy atom. The monoisotopic (exact) mass is 388 g/mol. The van der Waals surface area contributed by atoms with E-state index in [1.54, 1.807) is 12.3 Å². The molecule has 7 heteroatoms. The standard InChI is InChI=1S/C22H20N4O3/c1-13-6-7-26(12-13)21-5-4-15(11-23-21)8-20-24-18-10-19(29-3)16(14(2)27)9-17(18)22(28)25-20/h4-7,9-12H,8H2,1-3H3,(H,24,25,28). The number of benzene rings is 1. The molecular weight excluding hydrogens is 368 g/mol. The highest BCUT2D eigenvalue weighted by molar-refractivity contribution is 6.00. The van der Waals surface area contributed by atoms with E-state index < -0.39 is 0 Å². The predicted octanol–water partition coefficient (Wildman–Crippen LogP) is 3.22. The zero-order valence-electron chi connectivity index (χ0n) is 16.4. The predicted molar refractivity (Wildman–Crippen MR) is 110 cm³/mol. The number of methoxy groups -OCH3 is 1. The highest BCUT2D eigenvalue weighted by atomic mass is 16.5. The second kappa shape index (κ2) is 7.35. The number of hydrogen-bond acceptors (Lipinski definition) is 5. The summed E-state index contributed by atoms with van der Waals surface area (Å²) in [5.41, 5.74) is 2.64. The highest BCUT2D eigenvalue weighted by Gasteiger charge is 2.13. The molecule has 0 spiro atoms. The van der Waals surface area contributed by atoms with Crippen molar-refractivity contribution in [1.82, 2.24) is 19.5 Å². The molecule has 3 aromatic heterocycles. The number of pyridine rings is 1. The van der Waals surface area contributed by atoms with Crippen LogP contribution in [0.15, 0.2) is 53.7 Å². The zero-order valence-corrected chi connectivity index (χ0v) is 16.4. The van der Waals surface area contributed by atoms with Gasteiger partial charge in [-0.2, -0.15) is 0 Å². The number of nitrogens with zero attached hydrogens (tertiary/aromatic N) is 3. The normalized spacial score (nSPS) is 11.0. The third-order valence-corrected chi connectivity index (χ3v) is 4.74. The lowest BCUT2D eigenvalue weighted by atomic mass is 10.1. The molecule has 146 valence electrons. The van der Waals surface area contributed by atoms with E-state index in [1.165, 1.54) is 20.1 Å². The average molecular weight is 388 g/mol. The fourth-order valence-electron chi connectivity index (χ4n) is 3.26. The molecule has 29 heavy (non-hydrogen) atoms. The number of ether oxygens (including phenoxy) is 1. The van der Waals surface area contributed by atoms with Gasteiger partial charge in [0, 0.05) is 31.1 Å². The van der Waals surface area contributed by atoms with Crippen molar-refractivity contribution in [2.75, 3.05) is 7.11 Å². The number of carbonyl (C=O) groups is 1. The molecule has 0 bridgehead atoms. The summed E-state index contributed by atoms with van der Waals surface area (Å²) in [7, 11) is 1.49. The molecular formula is C22H20N4O3. The fraction of sp³-hybridized carbons (Fsp3) is 0.182. The van der Waals surface area contributed by atoms with Gasteiger partial charge in [-0.25, -0.2) is 9.97 Å². The van der Waals surface area contributed by atoms with E-state index >= 15 is 0 Å². The lowest BCUT2D eigenvalue weighted by Gasteiger charge is -2.09. The van der Waals surface area contributed by atoms with E-state index in [1.807, 2.05) is 42.1 Å². The molecule has 1 aromatic carbocycles. The highest BCUT2D eigenvalue weighted by Crippen LogP contribution is 2.24. The summed E-state index contributed by atoms with van der Waals surface area (Å²) in [6.07, 6.45) is 6.17. The van der Waals surface area contributed by atoms with Gasteiger partial charge in [0.1, 0.15) is 17.4 Å². The molecule has 1 N–H and O–H groups in total. The van der Waals surface area contributed by atoms with Gasteiger partial charge in [0.05, 0.1) is 23.6 Å². The maximum Gasteiger partial charge on any atom is 0.258 e. The largest absolute Gasteiger partial charge is 0.496 e. The van der Waals surface area contributed by atoms with Gasteiger partial charge in [0.15, 0.2) is 5.78 Å². The molecule has 3 heterocycles. The molecule has 0 atom stereocenters. The number of fused-ring (bicyclic) bond motifs is 1. The van der Waals surface area contributed by atoms with Crippen molar-refractivity contribution in [1.29, 1.82) is 0 Å². The maximum absolute atomic E-state index is 12.5. The number of carbonyl (C=O) groups excluding carboxylic acids is 1. The second-order valence-electron chi connectivity index (χ2n) is 6.94. The number of aromatic nitrogens is 4. The second-order valence-corrected chi connectivity index (χ2v) is 6.94. The number of H-pyrrole nitrogens is 1. The van der Waals surface area contributed by atoms with Crippen molar-refractivity contribution < 1.29 is 9.53 Å². The molecule has 4 aromatic rings. The van der Waals surface area contributed by atoms with E-state index in [0.717, 1.165) is 16.9 Å². The zero-order chi connectivity index (χ0) is 20.5. The van der Waals surface area contributed by atoms with Gasteiger partial charge in [0.25, 0.3) is 5.56 Å². The van der Waals surface area contributed by atoms with Crippen LogP contribution in [0.2, 0.25) is 0 Å². The fourth-order valence-corrected chi connectivity index (χ4v) is 3.26. The average Bonchev–Trinajstić information content (AvgIpc) is 3.14. The van der Waals surface area contributed by atoms with Crippen molar-refractivity contribution in [3.63, 3.8) is 0 Å². The Balaban J connectivity index is 1.66. The maximum atomic E-state index is 12.5. The molecule has 0 fully saturated rings. The molecule has 0 aliphatic rings. The van der Waals surface area contributed by atoms with E-state index in [4.69, 9.17) is 4.74 Å². The van der Waals surface area contributed by atoms with Gasteiger partial charge in [-0.3, -0.25) is 9.59 Å². The first-order valence-corrected chi connectivity index (χ1v) is 9.16. The molecule has 7 nitrogen and oxygen atoms in total. The summed E-state index contributed by atoms with van der Waals surface area (Å²) in [6, 6.07) is 9.06. The Labute approximate surface area is 167 Å². The molecule has 0 unspecified atom stereocenters. The minimum atomic E-state index is -0.289. The minimum absolute atomic E-state index is 0.170. The lowest BCUT2D eigenvalue weighted by Crippen LogP contribution is -2.13. The first-order valence-electron chi connectivity index (χ1n) is 9.16. The van der Waals surface area contributed by atoms with Crippen LogP contribution in [-0.2, 0) is 6.42 Å². The van der Waals surface area contributed by atoms with Crippen molar-refractivity contribution in [3.05, 3.63) is 81.8 Å². The molecule has 0 saturated carbocycles. The Hall–Kier alpha value is -3.74. The van der Waals surface area contributed by atoms with Crippen molar-refractivity contribution in [2.45, 2.75) is 20.3 Å². The number of hydrogen-bond donors (Lipinski definition) is 1. The van der Waals surface area contributed by atoms with Gasteiger partial charge >= 0.3 is 0 Å². The van der Waals surface area contributed by atoms with Crippen LogP contribution in [0.4, 0.5) is 0 Å². The lowest BCUT2D eigenvalue weighted by molar-refractivity contribution is 0.101. The van der Waals surface area contributed by atoms with Crippen molar-refractivity contribution in [3.8, 4) is 11.6 Å². The summed E-state index contributed by atoms with van der Waals surface area (Å²) in [5.74, 6) is 1.58. The van der Waals surface area contributed by atoms with E-state index in [9.17, 15) is 9.59 Å². The Morgan fingerprint density at radius 2 is 2.07 bits per heavy atom. The number of ketones is 1. The number of rotatable bonds is 5. The van der Waals surface area contributed by atoms with Gasteiger partial charge in [-0.15, -0.1) is 0 Å². The quantitative estimate of drug-likeness (QED) is 0.530. The first-order chi connectivity index (χ1) is 13.9. The van der Waals surface area contributed by atoms with Gasteiger partial charge in [-0.05, 0) is 43.2 Å². The Bertz CT molecular complexity index is 1270. The van der Waals surface area contributed by atoms with Crippen LogP contribution in [0.5, 0.6) is 5.75 Å². The molecule has 0 aliphatic heterocycles. The molecule has 0 aliphatic carbocycles. The Kier molecular flexibility index (Phi) is 4.72.